The Morgan fingerprint density at radius 3 is 2.17 bits per heavy atom. The van der Waals surface area contributed by atoms with Gasteiger partial charge >= 0.3 is 12.1 Å². The first-order chi connectivity index (χ1) is 19.6. The van der Waals surface area contributed by atoms with Gasteiger partial charge in [0.25, 0.3) is 0 Å². The van der Waals surface area contributed by atoms with E-state index in [1.165, 1.54) is 12.1 Å². The SMILES string of the molecule is O=C(O)CCCC(=O)c1ccc(NC(COc2ccc(-c3ccc(C(F)(F)F)cc3)c(Cl)c2)c2ccccc2)cc1. The van der Waals surface area contributed by atoms with Gasteiger partial charge in [-0.1, -0.05) is 54.1 Å². The van der Waals surface area contributed by atoms with Gasteiger partial charge in [0, 0.05) is 29.7 Å². The standard InChI is InChI=1S/C32H27ClF3NO4/c33-28-19-26(17-18-27(28)21-9-13-24(14-10-21)32(34,35)36)41-20-29(22-5-2-1-3-6-22)37-25-15-11-23(12-16-25)30(38)7-4-8-31(39)40/h1-3,5-6,9-19,29,37H,4,7-8,20H2,(H,39,40). The van der Waals surface area contributed by atoms with Crippen LogP contribution in [0.4, 0.5) is 18.9 Å². The number of hydrogen-bond donors (Lipinski definition) is 2. The number of carboxylic acid groups (broad SMARTS) is 1. The fraction of sp³-hybridized carbons (Fsp3) is 0.188. The van der Waals surface area contributed by atoms with Crippen LogP contribution in [0.25, 0.3) is 11.1 Å². The second-order valence-electron chi connectivity index (χ2n) is 9.38. The number of carbonyl (C=O) groups is 2. The number of alkyl halides is 3. The third-order valence-electron chi connectivity index (χ3n) is 6.42. The van der Waals surface area contributed by atoms with E-state index in [0.717, 1.165) is 23.4 Å². The van der Waals surface area contributed by atoms with E-state index in [1.54, 1.807) is 42.5 Å². The van der Waals surface area contributed by atoms with Gasteiger partial charge in [-0.3, -0.25) is 9.59 Å². The molecule has 1 unspecified atom stereocenters. The van der Waals surface area contributed by atoms with Crippen LogP contribution in [0.15, 0.2) is 97.1 Å². The first-order valence-electron chi connectivity index (χ1n) is 12.9. The summed E-state index contributed by atoms with van der Waals surface area (Å²) in [6.07, 6.45) is -4.00. The molecule has 0 heterocycles. The summed E-state index contributed by atoms with van der Waals surface area (Å²) < 4.78 is 44.8. The molecule has 212 valence electrons. The highest BCUT2D eigenvalue weighted by Crippen LogP contribution is 2.35. The Morgan fingerprint density at radius 2 is 1.56 bits per heavy atom. The van der Waals surface area contributed by atoms with E-state index in [1.807, 2.05) is 30.3 Å². The average molecular weight is 582 g/mol. The molecular formula is C32H27ClF3NO4. The lowest BCUT2D eigenvalue weighted by molar-refractivity contribution is -0.138. The van der Waals surface area contributed by atoms with Crippen LogP contribution in [0.3, 0.4) is 0 Å². The van der Waals surface area contributed by atoms with Gasteiger partial charge < -0.3 is 15.2 Å². The monoisotopic (exact) mass is 581 g/mol. The molecule has 0 aliphatic rings. The third-order valence-corrected chi connectivity index (χ3v) is 6.74. The predicted octanol–water partition coefficient (Wildman–Crippen LogP) is 8.70. The fourth-order valence-electron chi connectivity index (χ4n) is 4.24. The molecule has 4 aromatic rings. The van der Waals surface area contributed by atoms with Gasteiger partial charge in [0.15, 0.2) is 5.78 Å². The number of aliphatic carboxylic acids is 1. The van der Waals surface area contributed by atoms with Gasteiger partial charge in [-0.05, 0) is 72.1 Å². The van der Waals surface area contributed by atoms with Crippen molar-refractivity contribution in [3.63, 3.8) is 0 Å². The molecule has 9 heteroatoms. The summed E-state index contributed by atoms with van der Waals surface area (Å²) in [7, 11) is 0. The maximum Gasteiger partial charge on any atom is 0.416 e. The summed E-state index contributed by atoms with van der Waals surface area (Å²) in [5, 5.41) is 12.5. The van der Waals surface area contributed by atoms with Crippen molar-refractivity contribution in [1.29, 1.82) is 0 Å². The lowest BCUT2D eigenvalue weighted by atomic mass is 10.0. The van der Waals surface area contributed by atoms with Crippen LogP contribution in [0.5, 0.6) is 5.75 Å². The first kappa shape index (κ1) is 29.7. The van der Waals surface area contributed by atoms with Gasteiger partial charge in [-0.15, -0.1) is 0 Å². The molecule has 0 amide bonds. The topological polar surface area (TPSA) is 75.6 Å². The number of hydrogen-bond acceptors (Lipinski definition) is 4. The Hall–Kier alpha value is -4.30. The summed E-state index contributed by atoms with van der Waals surface area (Å²) >= 11 is 6.47. The van der Waals surface area contributed by atoms with Crippen LogP contribution < -0.4 is 10.1 Å². The second kappa shape index (κ2) is 13.4. The van der Waals surface area contributed by atoms with E-state index < -0.39 is 17.7 Å². The predicted molar refractivity (Wildman–Crippen MR) is 152 cm³/mol. The van der Waals surface area contributed by atoms with Crippen molar-refractivity contribution < 1.29 is 32.6 Å². The lowest BCUT2D eigenvalue weighted by Gasteiger charge is -2.21. The van der Waals surface area contributed by atoms with E-state index in [0.29, 0.717) is 27.5 Å². The molecular weight excluding hydrogens is 555 g/mol. The highest BCUT2D eigenvalue weighted by atomic mass is 35.5. The number of Topliss-reactive ketones (excluding diaryl/α,β-unsaturated/α-hetero) is 1. The summed E-state index contributed by atoms with van der Waals surface area (Å²) in [5.41, 5.74) is 2.66. The largest absolute Gasteiger partial charge is 0.491 e. The molecule has 0 aromatic heterocycles. The molecule has 0 saturated heterocycles. The number of ketones is 1. The minimum Gasteiger partial charge on any atom is -0.491 e. The number of nitrogens with one attached hydrogen (secondary N) is 1. The van der Waals surface area contributed by atoms with Gasteiger partial charge in [-0.25, -0.2) is 0 Å². The van der Waals surface area contributed by atoms with Crippen LogP contribution in [-0.2, 0) is 11.0 Å². The van der Waals surface area contributed by atoms with Gasteiger partial charge in [0.1, 0.15) is 12.4 Å². The Kier molecular flexibility index (Phi) is 9.68. The molecule has 1 atom stereocenters. The molecule has 0 spiro atoms. The molecule has 0 bridgehead atoms. The first-order valence-corrected chi connectivity index (χ1v) is 13.2. The number of carbonyl (C=O) groups excluding carboxylic acids is 1. The third kappa shape index (κ3) is 8.35. The smallest absolute Gasteiger partial charge is 0.416 e. The Labute approximate surface area is 240 Å². The zero-order chi connectivity index (χ0) is 29.4. The van der Waals surface area contributed by atoms with Gasteiger partial charge in [-0.2, -0.15) is 13.2 Å². The Balaban J connectivity index is 1.43. The van der Waals surface area contributed by atoms with E-state index in [2.05, 4.69) is 5.32 Å². The molecule has 0 radical (unpaired) electrons. The van der Waals surface area contributed by atoms with E-state index in [4.69, 9.17) is 21.4 Å². The van der Waals surface area contributed by atoms with Crippen LogP contribution in [0.2, 0.25) is 5.02 Å². The molecule has 5 nitrogen and oxygen atoms in total. The minimum atomic E-state index is -4.41. The zero-order valence-electron chi connectivity index (χ0n) is 21.8. The van der Waals surface area contributed by atoms with E-state index in [9.17, 15) is 22.8 Å². The van der Waals surface area contributed by atoms with Gasteiger partial charge in [0.05, 0.1) is 16.6 Å². The summed E-state index contributed by atoms with van der Waals surface area (Å²) in [6, 6.07) is 26.2. The maximum atomic E-state index is 12.9. The quantitative estimate of drug-likeness (QED) is 0.164. The molecule has 41 heavy (non-hydrogen) atoms. The van der Waals surface area contributed by atoms with Crippen LogP contribution in [0.1, 0.15) is 46.8 Å². The lowest BCUT2D eigenvalue weighted by Crippen LogP contribution is -2.19. The number of carboxylic acids is 1. The Bertz CT molecular complexity index is 1470. The summed E-state index contributed by atoms with van der Waals surface area (Å²) in [4.78, 5) is 23.0. The second-order valence-corrected chi connectivity index (χ2v) is 9.79. The molecule has 0 aliphatic carbocycles. The van der Waals surface area contributed by atoms with Crippen molar-refractivity contribution in [2.24, 2.45) is 0 Å². The van der Waals surface area contributed by atoms with Crippen molar-refractivity contribution in [2.45, 2.75) is 31.5 Å². The maximum absolute atomic E-state index is 12.9. The molecule has 4 aromatic carbocycles. The van der Waals surface area contributed by atoms with Crippen LogP contribution in [0, 0.1) is 0 Å². The number of rotatable bonds is 12. The van der Waals surface area contributed by atoms with Crippen molar-refractivity contribution in [3.8, 4) is 16.9 Å². The number of ether oxygens (including phenoxy) is 1. The van der Waals surface area contributed by atoms with E-state index in [-0.39, 0.29) is 37.7 Å². The average Bonchev–Trinajstić information content (AvgIpc) is 2.95. The molecule has 0 fully saturated rings. The highest BCUT2D eigenvalue weighted by molar-refractivity contribution is 6.33. The van der Waals surface area contributed by atoms with Crippen LogP contribution >= 0.6 is 11.6 Å². The molecule has 0 aliphatic heterocycles. The van der Waals surface area contributed by atoms with Gasteiger partial charge in [0.2, 0.25) is 0 Å². The summed E-state index contributed by atoms with van der Waals surface area (Å²) in [6.45, 7) is 0.232. The van der Waals surface area contributed by atoms with Crippen molar-refractivity contribution >= 4 is 29.0 Å². The van der Waals surface area contributed by atoms with E-state index >= 15 is 0 Å². The normalized spacial score (nSPS) is 12.0. The minimum absolute atomic E-state index is 0.0485. The Morgan fingerprint density at radius 1 is 0.878 bits per heavy atom. The van der Waals surface area contributed by atoms with Crippen LogP contribution in [-0.4, -0.2) is 23.5 Å². The van der Waals surface area contributed by atoms with Crippen molar-refractivity contribution in [1.82, 2.24) is 0 Å². The zero-order valence-corrected chi connectivity index (χ0v) is 22.6. The number of halogens is 4. The number of anilines is 1. The molecule has 0 saturated carbocycles. The fourth-order valence-corrected chi connectivity index (χ4v) is 4.52. The molecule has 4 rings (SSSR count). The number of benzene rings is 4. The van der Waals surface area contributed by atoms with Crippen molar-refractivity contribution in [2.75, 3.05) is 11.9 Å². The molecule has 2 N–H and O–H groups in total. The van der Waals surface area contributed by atoms with Crippen molar-refractivity contribution in [3.05, 3.63) is 119 Å². The highest BCUT2D eigenvalue weighted by Gasteiger charge is 2.30. The summed E-state index contributed by atoms with van der Waals surface area (Å²) in [5.74, 6) is -0.544.